The van der Waals surface area contributed by atoms with Gasteiger partial charge in [0.1, 0.15) is 6.04 Å². The minimum absolute atomic E-state index is 0.00324. The highest BCUT2D eigenvalue weighted by Crippen LogP contribution is 2.11. The highest BCUT2D eigenvalue weighted by molar-refractivity contribution is 6.41. The van der Waals surface area contributed by atoms with Gasteiger partial charge in [0.15, 0.2) is 0 Å². The Bertz CT molecular complexity index is 1000. The minimum Gasteiger partial charge on any atom is -0.427 e. The van der Waals surface area contributed by atoms with Crippen molar-refractivity contribution in [2.45, 2.75) is 37.7 Å². The number of carbonyl (C=O) groups excluding carboxylic acids is 2. The average molecular weight is 444 g/mol. The van der Waals surface area contributed by atoms with Crippen LogP contribution >= 0.6 is 0 Å². The SMILES string of the molecule is O=C(N[C@@H](Cc1ccccc1)C(=O)N[C@@H](CCc1ccccc1)CB(O)O)c1ccccc1. The lowest BCUT2D eigenvalue weighted by molar-refractivity contribution is -0.123. The topological polar surface area (TPSA) is 98.7 Å². The fourth-order valence-corrected chi connectivity index (χ4v) is 3.68. The first-order valence-corrected chi connectivity index (χ1v) is 11.1. The summed E-state index contributed by atoms with van der Waals surface area (Å²) in [7, 11) is -1.54. The fraction of sp³-hybridized carbons (Fsp3) is 0.231. The Morgan fingerprint density at radius 1 is 0.758 bits per heavy atom. The molecule has 6 nitrogen and oxygen atoms in total. The van der Waals surface area contributed by atoms with Crippen molar-refractivity contribution in [2.24, 2.45) is 0 Å². The van der Waals surface area contributed by atoms with Crippen LogP contribution in [0.25, 0.3) is 0 Å². The zero-order chi connectivity index (χ0) is 23.5. The van der Waals surface area contributed by atoms with Gasteiger partial charge in [-0.05, 0) is 36.1 Å². The number of aryl methyl sites for hydroxylation is 1. The van der Waals surface area contributed by atoms with Crippen molar-refractivity contribution in [2.75, 3.05) is 0 Å². The standard InChI is InChI=1S/C26H29BN2O4/c30-25(22-14-8-3-9-15-22)29-24(18-21-12-6-2-7-13-21)26(31)28-23(19-27(32)33)17-16-20-10-4-1-5-11-20/h1-15,23-24,32-33H,16-19H2,(H,28,31)(H,29,30)/t23-,24-/m0/s1. The van der Waals surface area contributed by atoms with Gasteiger partial charge in [-0.3, -0.25) is 9.59 Å². The van der Waals surface area contributed by atoms with Crippen molar-refractivity contribution in [3.05, 3.63) is 108 Å². The van der Waals surface area contributed by atoms with Crippen molar-refractivity contribution in [1.29, 1.82) is 0 Å². The molecule has 0 saturated carbocycles. The van der Waals surface area contributed by atoms with E-state index in [9.17, 15) is 19.6 Å². The molecule has 0 unspecified atom stereocenters. The van der Waals surface area contributed by atoms with Gasteiger partial charge in [-0.15, -0.1) is 0 Å². The van der Waals surface area contributed by atoms with Crippen molar-refractivity contribution in [3.8, 4) is 0 Å². The zero-order valence-corrected chi connectivity index (χ0v) is 18.4. The lowest BCUT2D eigenvalue weighted by atomic mass is 9.80. The van der Waals surface area contributed by atoms with Crippen LogP contribution in [0, 0.1) is 0 Å². The van der Waals surface area contributed by atoms with Crippen LogP contribution in [0.15, 0.2) is 91.0 Å². The average Bonchev–Trinajstić information content (AvgIpc) is 2.83. The van der Waals surface area contributed by atoms with Crippen LogP contribution in [0.4, 0.5) is 0 Å². The maximum Gasteiger partial charge on any atom is 0.453 e. The monoisotopic (exact) mass is 444 g/mol. The van der Waals surface area contributed by atoms with Crippen molar-refractivity contribution in [1.82, 2.24) is 10.6 Å². The van der Waals surface area contributed by atoms with Crippen LogP contribution < -0.4 is 10.6 Å². The number of nitrogens with one attached hydrogen (secondary N) is 2. The Hall–Kier alpha value is -3.42. The van der Waals surface area contributed by atoms with Gasteiger partial charge in [-0.2, -0.15) is 0 Å². The molecule has 33 heavy (non-hydrogen) atoms. The van der Waals surface area contributed by atoms with E-state index >= 15 is 0 Å². The summed E-state index contributed by atoms with van der Waals surface area (Å²) < 4.78 is 0. The Morgan fingerprint density at radius 3 is 1.88 bits per heavy atom. The molecule has 2 amide bonds. The third kappa shape index (κ3) is 8.22. The van der Waals surface area contributed by atoms with Crippen LogP contribution in [0.1, 0.15) is 27.9 Å². The van der Waals surface area contributed by atoms with Gasteiger partial charge in [-0.25, -0.2) is 0 Å². The maximum atomic E-state index is 13.2. The van der Waals surface area contributed by atoms with E-state index < -0.39 is 19.2 Å². The number of carbonyl (C=O) groups is 2. The van der Waals surface area contributed by atoms with Crippen LogP contribution in [-0.2, 0) is 17.6 Å². The van der Waals surface area contributed by atoms with Gasteiger partial charge < -0.3 is 20.7 Å². The van der Waals surface area contributed by atoms with E-state index in [0.29, 0.717) is 24.8 Å². The molecular formula is C26H29BN2O4. The molecule has 0 aliphatic carbocycles. The molecule has 3 aromatic carbocycles. The predicted octanol–water partition coefficient (Wildman–Crippen LogP) is 2.62. The molecule has 4 N–H and O–H groups in total. The minimum atomic E-state index is -1.54. The quantitative estimate of drug-likeness (QED) is 0.342. The summed E-state index contributed by atoms with van der Waals surface area (Å²) in [6, 6.07) is 26.7. The Balaban J connectivity index is 1.72. The molecule has 0 spiro atoms. The molecule has 3 rings (SSSR count). The van der Waals surface area contributed by atoms with Gasteiger partial charge in [-0.1, -0.05) is 78.9 Å². The second-order valence-electron chi connectivity index (χ2n) is 8.03. The maximum absolute atomic E-state index is 13.2. The molecule has 0 aliphatic rings. The van der Waals surface area contributed by atoms with Crippen molar-refractivity contribution < 1.29 is 19.6 Å². The molecule has 0 bridgehead atoms. The molecular weight excluding hydrogens is 415 g/mol. The lowest BCUT2D eigenvalue weighted by Crippen LogP contribution is -2.51. The van der Waals surface area contributed by atoms with Crippen molar-refractivity contribution in [3.63, 3.8) is 0 Å². The Morgan fingerprint density at radius 2 is 1.30 bits per heavy atom. The summed E-state index contributed by atoms with van der Waals surface area (Å²) in [5.74, 6) is -0.698. The third-order valence-corrected chi connectivity index (χ3v) is 5.41. The molecule has 2 atom stereocenters. The van der Waals surface area contributed by atoms with E-state index in [1.807, 2.05) is 66.7 Å². The fourth-order valence-electron chi connectivity index (χ4n) is 3.68. The van der Waals surface area contributed by atoms with Gasteiger partial charge in [0.05, 0.1) is 0 Å². The summed E-state index contributed by atoms with van der Waals surface area (Å²) in [6.07, 6.45) is 1.54. The van der Waals surface area contributed by atoms with Gasteiger partial charge in [0, 0.05) is 24.3 Å². The normalized spacial score (nSPS) is 12.4. The van der Waals surface area contributed by atoms with Crippen LogP contribution in [0.5, 0.6) is 0 Å². The summed E-state index contributed by atoms with van der Waals surface area (Å²) in [5.41, 5.74) is 2.48. The molecule has 0 aromatic heterocycles. The van der Waals surface area contributed by atoms with E-state index in [4.69, 9.17) is 0 Å². The summed E-state index contributed by atoms with van der Waals surface area (Å²) in [5, 5.41) is 24.8. The smallest absolute Gasteiger partial charge is 0.427 e. The highest BCUT2D eigenvalue weighted by Gasteiger charge is 2.26. The molecule has 0 saturated heterocycles. The number of rotatable bonds is 11. The van der Waals surface area contributed by atoms with E-state index in [0.717, 1.165) is 11.1 Å². The summed E-state index contributed by atoms with van der Waals surface area (Å²) in [6.45, 7) is 0. The van der Waals surface area contributed by atoms with E-state index in [2.05, 4.69) is 10.6 Å². The van der Waals surface area contributed by atoms with E-state index in [-0.39, 0.29) is 18.1 Å². The summed E-state index contributed by atoms with van der Waals surface area (Å²) >= 11 is 0. The molecule has 3 aromatic rings. The number of benzene rings is 3. The Kier molecular flexibility index (Phi) is 9.24. The van der Waals surface area contributed by atoms with E-state index in [1.165, 1.54) is 0 Å². The highest BCUT2D eigenvalue weighted by atomic mass is 16.4. The molecule has 0 aliphatic heterocycles. The van der Waals surface area contributed by atoms with Gasteiger partial charge in [0.2, 0.25) is 5.91 Å². The largest absolute Gasteiger partial charge is 0.453 e. The van der Waals surface area contributed by atoms with Crippen LogP contribution in [0.2, 0.25) is 6.32 Å². The molecule has 0 heterocycles. The second-order valence-corrected chi connectivity index (χ2v) is 8.03. The second kappa shape index (κ2) is 12.6. The zero-order valence-electron chi connectivity index (χ0n) is 18.4. The number of hydrogen-bond donors (Lipinski definition) is 4. The number of hydrogen-bond acceptors (Lipinski definition) is 4. The first kappa shape index (κ1) is 24.2. The van der Waals surface area contributed by atoms with Crippen LogP contribution in [0.3, 0.4) is 0 Å². The van der Waals surface area contributed by atoms with E-state index in [1.54, 1.807) is 24.3 Å². The first-order valence-electron chi connectivity index (χ1n) is 11.1. The predicted molar refractivity (Wildman–Crippen MR) is 130 cm³/mol. The molecule has 7 heteroatoms. The summed E-state index contributed by atoms with van der Waals surface area (Å²) in [4.78, 5) is 26.0. The lowest BCUT2D eigenvalue weighted by Gasteiger charge is -2.24. The number of amides is 2. The Labute approximate surface area is 194 Å². The molecule has 0 fully saturated rings. The molecule has 0 radical (unpaired) electrons. The van der Waals surface area contributed by atoms with Crippen molar-refractivity contribution >= 4 is 18.9 Å². The van der Waals surface area contributed by atoms with Gasteiger partial charge in [0.25, 0.3) is 5.91 Å². The molecule has 170 valence electrons. The van der Waals surface area contributed by atoms with Crippen LogP contribution in [-0.4, -0.2) is 41.1 Å². The first-order chi connectivity index (χ1) is 16.0. The van der Waals surface area contributed by atoms with Gasteiger partial charge >= 0.3 is 7.12 Å². The third-order valence-electron chi connectivity index (χ3n) is 5.41.